The number of amides is 3. The normalized spacial score (nSPS) is 19.3. The first kappa shape index (κ1) is 26.3. The number of nitrogens with one attached hydrogen (secondary N) is 3. The SMILES string of the molecule is COC(=O)C(C(=O)OC)[C@@H](C)[C@H](NC(=O)C[C@@H]1NC(=O)[C@H](Cc2ccccc2)NC1=O)C(=O)O. The van der Waals surface area contributed by atoms with Crippen LogP contribution in [0.25, 0.3) is 0 Å². The Hall–Kier alpha value is -3.96. The van der Waals surface area contributed by atoms with Gasteiger partial charge in [-0.1, -0.05) is 37.3 Å². The standard InChI is InChI=1S/C22H27N3O9/c1-11(16(21(31)33-2)22(32)34-3)17(20(29)30)25-15(26)10-14-19(28)23-13(18(27)24-14)9-12-7-5-4-6-8-12/h4-8,11,13-14,16-17H,9-10H2,1-3H3,(H,23,28)(H,24,27)(H,25,26)(H,29,30)/t11-,13+,14+,17+/m1/s1. The summed E-state index contributed by atoms with van der Waals surface area (Å²) in [6.45, 7) is 1.26. The number of methoxy groups -OCH3 is 2. The van der Waals surface area contributed by atoms with Crippen LogP contribution in [-0.4, -0.2) is 73.1 Å². The average molecular weight is 477 g/mol. The summed E-state index contributed by atoms with van der Waals surface area (Å²) in [6, 6.07) is 5.32. The van der Waals surface area contributed by atoms with Crippen LogP contribution in [0.5, 0.6) is 0 Å². The minimum absolute atomic E-state index is 0.262. The first-order valence-electron chi connectivity index (χ1n) is 10.4. The summed E-state index contributed by atoms with van der Waals surface area (Å²) >= 11 is 0. The molecular formula is C22H27N3O9. The number of carbonyl (C=O) groups is 6. The Bertz CT molecular complexity index is 934. The molecule has 0 saturated carbocycles. The van der Waals surface area contributed by atoms with Gasteiger partial charge in [-0.25, -0.2) is 4.79 Å². The van der Waals surface area contributed by atoms with E-state index >= 15 is 0 Å². The van der Waals surface area contributed by atoms with Crippen LogP contribution in [-0.2, 0) is 44.7 Å². The van der Waals surface area contributed by atoms with Crippen LogP contribution in [0.15, 0.2) is 30.3 Å². The molecule has 1 heterocycles. The lowest BCUT2D eigenvalue weighted by Gasteiger charge is -2.30. The minimum Gasteiger partial charge on any atom is -0.480 e. The summed E-state index contributed by atoms with van der Waals surface area (Å²) in [4.78, 5) is 73.1. The number of benzene rings is 1. The Labute approximate surface area is 195 Å². The summed E-state index contributed by atoms with van der Waals surface area (Å²) in [5.74, 6) is -8.38. The van der Waals surface area contributed by atoms with Crippen molar-refractivity contribution in [2.75, 3.05) is 14.2 Å². The monoisotopic (exact) mass is 477 g/mol. The predicted octanol–water partition coefficient (Wildman–Crippen LogP) is -1.23. The van der Waals surface area contributed by atoms with Gasteiger partial charge in [-0.2, -0.15) is 0 Å². The van der Waals surface area contributed by atoms with Crippen molar-refractivity contribution in [3.05, 3.63) is 35.9 Å². The quantitative estimate of drug-likeness (QED) is 0.237. The average Bonchev–Trinajstić information content (AvgIpc) is 2.80. The summed E-state index contributed by atoms with van der Waals surface area (Å²) in [5.41, 5.74) is 0.836. The zero-order chi connectivity index (χ0) is 25.4. The fourth-order valence-electron chi connectivity index (χ4n) is 3.62. The number of piperazine rings is 1. The van der Waals surface area contributed by atoms with E-state index in [2.05, 4.69) is 25.4 Å². The van der Waals surface area contributed by atoms with E-state index in [9.17, 15) is 33.9 Å². The third kappa shape index (κ3) is 6.53. The van der Waals surface area contributed by atoms with Gasteiger partial charge in [0.2, 0.25) is 17.7 Å². The van der Waals surface area contributed by atoms with Gasteiger partial charge in [0, 0.05) is 12.3 Å². The maximum atomic E-state index is 12.5. The van der Waals surface area contributed by atoms with E-state index < -0.39 is 72.0 Å². The molecule has 184 valence electrons. The third-order valence-corrected chi connectivity index (χ3v) is 5.48. The summed E-state index contributed by atoms with van der Waals surface area (Å²) in [5, 5.41) is 16.8. The van der Waals surface area contributed by atoms with Gasteiger partial charge in [0.15, 0.2) is 5.92 Å². The number of aliphatic carboxylic acids is 1. The van der Waals surface area contributed by atoms with E-state index in [0.29, 0.717) is 0 Å². The van der Waals surface area contributed by atoms with Crippen molar-refractivity contribution < 1.29 is 43.3 Å². The first-order valence-corrected chi connectivity index (χ1v) is 10.4. The highest BCUT2D eigenvalue weighted by atomic mass is 16.5. The van der Waals surface area contributed by atoms with Crippen LogP contribution >= 0.6 is 0 Å². The van der Waals surface area contributed by atoms with Gasteiger partial charge in [0.05, 0.1) is 20.6 Å². The Kier molecular flexibility index (Phi) is 9.10. The van der Waals surface area contributed by atoms with Crippen LogP contribution < -0.4 is 16.0 Å². The van der Waals surface area contributed by atoms with E-state index in [1.807, 2.05) is 18.2 Å². The van der Waals surface area contributed by atoms with Gasteiger partial charge < -0.3 is 30.5 Å². The predicted molar refractivity (Wildman–Crippen MR) is 115 cm³/mol. The topological polar surface area (TPSA) is 177 Å². The van der Waals surface area contributed by atoms with Crippen LogP contribution in [0.4, 0.5) is 0 Å². The molecule has 1 aromatic rings. The molecule has 1 aliphatic rings. The number of hydrogen-bond donors (Lipinski definition) is 4. The lowest BCUT2D eigenvalue weighted by atomic mass is 9.87. The zero-order valence-electron chi connectivity index (χ0n) is 18.9. The van der Waals surface area contributed by atoms with Gasteiger partial charge in [-0.15, -0.1) is 0 Å². The van der Waals surface area contributed by atoms with E-state index in [4.69, 9.17) is 0 Å². The molecule has 0 bridgehead atoms. The van der Waals surface area contributed by atoms with Crippen molar-refractivity contribution in [2.24, 2.45) is 11.8 Å². The highest BCUT2D eigenvalue weighted by molar-refractivity contribution is 6.00. The number of carboxylic acid groups (broad SMARTS) is 1. The number of hydrogen-bond acceptors (Lipinski definition) is 8. The molecule has 0 unspecified atom stereocenters. The molecule has 1 saturated heterocycles. The van der Waals surface area contributed by atoms with Crippen molar-refractivity contribution >= 4 is 35.6 Å². The van der Waals surface area contributed by atoms with E-state index in [0.717, 1.165) is 19.8 Å². The Morgan fingerprint density at radius 2 is 1.50 bits per heavy atom. The van der Waals surface area contributed by atoms with Gasteiger partial charge in [0.1, 0.15) is 18.1 Å². The highest BCUT2D eigenvalue weighted by Crippen LogP contribution is 2.20. The molecule has 0 aliphatic carbocycles. The van der Waals surface area contributed by atoms with E-state index in [1.54, 1.807) is 12.1 Å². The molecule has 0 radical (unpaired) electrons. The maximum absolute atomic E-state index is 12.5. The fraction of sp³-hybridized carbons (Fsp3) is 0.455. The lowest BCUT2D eigenvalue weighted by Crippen LogP contribution is -2.63. The molecule has 4 atom stereocenters. The maximum Gasteiger partial charge on any atom is 0.326 e. The van der Waals surface area contributed by atoms with E-state index in [-0.39, 0.29) is 6.42 Å². The molecule has 1 fully saturated rings. The Morgan fingerprint density at radius 1 is 0.971 bits per heavy atom. The molecule has 2 rings (SSSR count). The van der Waals surface area contributed by atoms with Gasteiger partial charge in [-0.3, -0.25) is 24.0 Å². The lowest BCUT2D eigenvalue weighted by molar-refractivity contribution is -0.163. The molecule has 3 amide bonds. The van der Waals surface area contributed by atoms with Crippen molar-refractivity contribution in [3.8, 4) is 0 Å². The van der Waals surface area contributed by atoms with Crippen molar-refractivity contribution in [1.29, 1.82) is 0 Å². The number of carbonyl (C=O) groups excluding carboxylic acids is 5. The molecule has 1 aromatic carbocycles. The molecule has 12 heteroatoms. The van der Waals surface area contributed by atoms with Crippen molar-refractivity contribution in [3.63, 3.8) is 0 Å². The molecule has 12 nitrogen and oxygen atoms in total. The van der Waals surface area contributed by atoms with Gasteiger partial charge >= 0.3 is 17.9 Å². The van der Waals surface area contributed by atoms with Gasteiger partial charge in [-0.05, 0) is 5.56 Å². The number of rotatable bonds is 10. The second kappa shape index (κ2) is 11.8. The first-order chi connectivity index (χ1) is 16.1. The zero-order valence-corrected chi connectivity index (χ0v) is 18.9. The largest absolute Gasteiger partial charge is 0.480 e. The van der Waals surface area contributed by atoms with Crippen LogP contribution in [0.2, 0.25) is 0 Å². The second-order valence-electron chi connectivity index (χ2n) is 7.78. The van der Waals surface area contributed by atoms with E-state index in [1.165, 1.54) is 6.92 Å². The summed E-state index contributed by atoms with van der Waals surface area (Å²) < 4.78 is 9.09. The fourth-order valence-corrected chi connectivity index (χ4v) is 3.62. The van der Waals surface area contributed by atoms with Gasteiger partial charge in [0.25, 0.3) is 0 Å². The van der Waals surface area contributed by atoms with Crippen molar-refractivity contribution in [1.82, 2.24) is 16.0 Å². The smallest absolute Gasteiger partial charge is 0.326 e. The summed E-state index contributed by atoms with van der Waals surface area (Å²) in [7, 11) is 2.05. The van der Waals surface area contributed by atoms with Crippen LogP contribution in [0.1, 0.15) is 18.9 Å². The van der Waals surface area contributed by atoms with Crippen LogP contribution in [0.3, 0.4) is 0 Å². The second-order valence-corrected chi connectivity index (χ2v) is 7.78. The molecule has 1 aliphatic heterocycles. The van der Waals surface area contributed by atoms with Crippen LogP contribution in [0, 0.1) is 11.8 Å². The molecular weight excluding hydrogens is 450 g/mol. The number of carboxylic acids is 1. The minimum atomic E-state index is -1.68. The molecule has 0 aromatic heterocycles. The van der Waals surface area contributed by atoms with Crippen molar-refractivity contribution in [2.45, 2.75) is 37.9 Å². The molecule has 4 N–H and O–H groups in total. The Balaban J connectivity index is 2.04. The summed E-state index contributed by atoms with van der Waals surface area (Å²) in [6.07, 6.45) is -0.286. The number of ether oxygens (including phenoxy) is 2. The molecule has 0 spiro atoms. The number of esters is 2. The highest BCUT2D eigenvalue weighted by Gasteiger charge is 2.42. The molecule has 34 heavy (non-hydrogen) atoms. The third-order valence-electron chi connectivity index (χ3n) is 5.48. The Morgan fingerprint density at radius 3 is 2.03 bits per heavy atom.